The molecule has 0 fully saturated rings. The van der Waals surface area contributed by atoms with Crippen LogP contribution in [-0.2, 0) is 19.6 Å². The summed E-state index contributed by atoms with van der Waals surface area (Å²) in [6.45, 7) is 4.40. The van der Waals surface area contributed by atoms with Crippen molar-refractivity contribution in [1.82, 2.24) is 4.98 Å². The average Bonchev–Trinajstić information content (AvgIpc) is 2.87. The van der Waals surface area contributed by atoms with Gasteiger partial charge >= 0.3 is 5.97 Å². The molecule has 0 saturated carbocycles. The third kappa shape index (κ3) is 4.94. The van der Waals surface area contributed by atoms with E-state index in [-0.39, 0.29) is 16.3 Å². The maximum Gasteiger partial charge on any atom is 0.355 e. The third-order valence-corrected chi connectivity index (χ3v) is 4.81. The van der Waals surface area contributed by atoms with Gasteiger partial charge in [0.1, 0.15) is 5.69 Å². The summed E-state index contributed by atoms with van der Waals surface area (Å²) in [7, 11) is -3.90. The summed E-state index contributed by atoms with van der Waals surface area (Å²) in [5, 5.41) is 17.2. The quantitative estimate of drug-likeness (QED) is 0.538. The van der Waals surface area contributed by atoms with Crippen molar-refractivity contribution in [2.45, 2.75) is 31.8 Å². The van der Waals surface area contributed by atoms with Crippen molar-refractivity contribution in [3.8, 4) is 0 Å². The number of H-pyrrole nitrogens is 1. The molecule has 0 saturated heterocycles. The number of amides is 1. The number of carbonyl (C=O) groups excluding carboxylic acids is 2. The summed E-state index contributed by atoms with van der Waals surface area (Å²) in [5.74, 6) is -1.39. The second-order valence-electron chi connectivity index (χ2n) is 6.04. The van der Waals surface area contributed by atoms with E-state index in [9.17, 15) is 23.1 Å². The second-order valence-corrected chi connectivity index (χ2v) is 7.60. The van der Waals surface area contributed by atoms with Crippen LogP contribution in [0.1, 0.15) is 40.3 Å². The van der Waals surface area contributed by atoms with Crippen LogP contribution in [0, 0.1) is 13.8 Å². The third-order valence-electron chi connectivity index (χ3n) is 3.90. The highest BCUT2D eigenvalue weighted by molar-refractivity contribution is 7.89. The number of carbonyl (C=O) groups is 2. The van der Waals surface area contributed by atoms with Crippen molar-refractivity contribution in [3.63, 3.8) is 0 Å². The van der Waals surface area contributed by atoms with Crippen molar-refractivity contribution in [1.29, 1.82) is 0 Å². The number of aromatic amines is 1. The van der Waals surface area contributed by atoms with Crippen LogP contribution in [0.4, 0.5) is 5.69 Å². The highest BCUT2D eigenvalue weighted by atomic mass is 32.2. The zero-order chi connectivity index (χ0) is 20.4. The van der Waals surface area contributed by atoms with Crippen LogP contribution < -0.4 is 10.5 Å². The Morgan fingerprint density at radius 2 is 2.00 bits per heavy atom. The monoisotopic (exact) mass is 395 g/mol. The normalized spacial score (nSPS) is 12.5. The number of esters is 1. The fourth-order valence-corrected chi connectivity index (χ4v) is 3.31. The van der Waals surface area contributed by atoms with Gasteiger partial charge in [-0.1, -0.05) is 6.07 Å². The Labute approximate surface area is 156 Å². The molecule has 0 aliphatic heterocycles. The fraction of sp³-hybridized carbons (Fsp3) is 0.294. The van der Waals surface area contributed by atoms with Crippen LogP contribution >= 0.6 is 0 Å². The fourth-order valence-electron chi connectivity index (χ4n) is 2.75. The molecule has 0 unspecified atom stereocenters. The van der Waals surface area contributed by atoms with E-state index in [1.165, 1.54) is 24.3 Å². The Bertz CT molecular complexity index is 979. The molecule has 0 aliphatic rings. The Kier molecular flexibility index (Phi) is 6.04. The predicted molar refractivity (Wildman–Crippen MR) is 97.6 cm³/mol. The number of benzene rings is 1. The van der Waals surface area contributed by atoms with E-state index in [0.717, 1.165) is 0 Å². The number of sulfonamides is 1. The number of hydrogen-bond acceptors (Lipinski definition) is 6. The Hall–Kier alpha value is -2.69. The van der Waals surface area contributed by atoms with Gasteiger partial charge in [0.05, 0.1) is 11.0 Å². The van der Waals surface area contributed by atoms with Gasteiger partial charge in [-0.05, 0) is 44.5 Å². The maximum atomic E-state index is 12.2. The van der Waals surface area contributed by atoms with E-state index >= 15 is 0 Å². The number of ether oxygens (including phenoxy) is 1. The molecule has 10 heteroatoms. The number of aryl methyl sites for hydroxylation is 1. The lowest BCUT2D eigenvalue weighted by Gasteiger charge is -2.08. The van der Waals surface area contributed by atoms with Gasteiger partial charge in [0, 0.05) is 16.9 Å². The zero-order valence-electron chi connectivity index (χ0n) is 15.1. The molecule has 0 aliphatic carbocycles. The van der Waals surface area contributed by atoms with E-state index in [0.29, 0.717) is 16.8 Å². The molecule has 0 spiro atoms. The molecule has 0 bridgehead atoms. The van der Waals surface area contributed by atoms with E-state index < -0.39 is 34.6 Å². The maximum absolute atomic E-state index is 12.2. The molecule has 0 radical (unpaired) electrons. The minimum absolute atomic E-state index is 0.152. The van der Waals surface area contributed by atoms with Gasteiger partial charge in [0.15, 0.2) is 6.61 Å². The van der Waals surface area contributed by atoms with Crippen molar-refractivity contribution >= 4 is 27.6 Å². The van der Waals surface area contributed by atoms with Crippen molar-refractivity contribution in [2.75, 3.05) is 11.9 Å². The summed E-state index contributed by atoms with van der Waals surface area (Å²) in [4.78, 5) is 26.8. The van der Waals surface area contributed by atoms with E-state index in [4.69, 9.17) is 9.88 Å². The summed E-state index contributed by atoms with van der Waals surface area (Å²) >= 11 is 0. The van der Waals surface area contributed by atoms with Crippen molar-refractivity contribution in [2.24, 2.45) is 5.14 Å². The molecule has 2 aromatic rings. The van der Waals surface area contributed by atoms with E-state index in [2.05, 4.69) is 10.3 Å². The number of hydrogen-bond donors (Lipinski definition) is 4. The van der Waals surface area contributed by atoms with E-state index in [1.807, 2.05) is 0 Å². The molecule has 9 nitrogen and oxygen atoms in total. The molecule has 5 N–H and O–H groups in total. The van der Waals surface area contributed by atoms with Crippen molar-refractivity contribution < 1.29 is 27.9 Å². The minimum atomic E-state index is -3.90. The highest BCUT2D eigenvalue weighted by Gasteiger charge is 2.21. The molecule has 1 atom stereocenters. The highest BCUT2D eigenvalue weighted by Crippen LogP contribution is 2.24. The number of rotatable bonds is 6. The number of nitrogens with one attached hydrogen (secondary N) is 2. The molecular weight excluding hydrogens is 374 g/mol. The first kappa shape index (κ1) is 20.6. The SMILES string of the molecule is Cc1[nH]c(C(=O)OCC(=O)Nc2cccc(S(N)(=O)=O)c2)c(C)c1[C@@H](C)O. The number of nitrogens with two attached hydrogens (primary N) is 1. The Balaban J connectivity index is 2.02. The zero-order valence-corrected chi connectivity index (χ0v) is 15.9. The molecule has 2 rings (SSSR count). The van der Waals surface area contributed by atoms with Gasteiger partial charge in [-0.3, -0.25) is 4.79 Å². The first-order chi connectivity index (χ1) is 12.5. The largest absolute Gasteiger partial charge is 0.451 e. The number of aliphatic hydroxyl groups is 1. The summed E-state index contributed by atoms with van der Waals surface area (Å²) in [5.41, 5.74) is 2.15. The van der Waals surface area contributed by atoms with Crippen LogP contribution in [0.25, 0.3) is 0 Å². The molecule has 146 valence electrons. The molecular formula is C17H21N3O6S. The lowest BCUT2D eigenvalue weighted by atomic mass is 10.1. The Morgan fingerprint density at radius 1 is 1.33 bits per heavy atom. The topological polar surface area (TPSA) is 152 Å². The number of aromatic nitrogens is 1. The van der Waals surface area contributed by atoms with Crippen LogP contribution in [-0.4, -0.2) is 37.0 Å². The van der Waals surface area contributed by atoms with Crippen LogP contribution in [0.3, 0.4) is 0 Å². The summed E-state index contributed by atoms with van der Waals surface area (Å²) < 4.78 is 27.6. The van der Waals surface area contributed by atoms with Gasteiger partial charge < -0.3 is 20.1 Å². The van der Waals surface area contributed by atoms with Gasteiger partial charge in [-0.2, -0.15) is 0 Å². The van der Waals surface area contributed by atoms with Gasteiger partial charge in [0.2, 0.25) is 10.0 Å². The van der Waals surface area contributed by atoms with Crippen LogP contribution in [0.15, 0.2) is 29.2 Å². The molecule has 1 aromatic heterocycles. The Morgan fingerprint density at radius 3 is 2.56 bits per heavy atom. The number of primary sulfonamides is 1. The molecule has 27 heavy (non-hydrogen) atoms. The second kappa shape index (κ2) is 7.91. The van der Waals surface area contributed by atoms with Gasteiger partial charge in [-0.25, -0.2) is 18.4 Å². The van der Waals surface area contributed by atoms with Crippen LogP contribution in [0.2, 0.25) is 0 Å². The standard InChI is InChI=1S/C17H21N3O6S/c1-9-15(11(3)21)10(2)19-16(9)17(23)26-8-14(22)20-12-5-4-6-13(7-12)27(18,24)25/h4-7,11,19,21H,8H2,1-3H3,(H,20,22)(H2,18,24,25)/t11-/m1/s1. The lowest BCUT2D eigenvalue weighted by Crippen LogP contribution is -2.21. The van der Waals surface area contributed by atoms with E-state index in [1.54, 1.807) is 20.8 Å². The summed E-state index contributed by atoms with van der Waals surface area (Å²) in [6, 6.07) is 5.38. The van der Waals surface area contributed by atoms with Crippen LogP contribution in [0.5, 0.6) is 0 Å². The van der Waals surface area contributed by atoms with Gasteiger partial charge in [-0.15, -0.1) is 0 Å². The van der Waals surface area contributed by atoms with Crippen molar-refractivity contribution in [3.05, 3.63) is 46.8 Å². The first-order valence-corrected chi connectivity index (χ1v) is 9.52. The predicted octanol–water partition coefficient (Wildman–Crippen LogP) is 1.13. The molecule has 1 aromatic carbocycles. The number of anilines is 1. The molecule has 1 heterocycles. The summed E-state index contributed by atoms with van der Waals surface area (Å²) in [6.07, 6.45) is -0.753. The average molecular weight is 395 g/mol. The molecule has 1 amide bonds. The minimum Gasteiger partial charge on any atom is -0.451 e. The lowest BCUT2D eigenvalue weighted by molar-refractivity contribution is -0.119. The van der Waals surface area contributed by atoms with Gasteiger partial charge in [0.25, 0.3) is 5.91 Å². The first-order valence-electron chi connectivity index (χ1n) is 7.97. The smallest absolute Gasteiger partial charge is 0.355 e. The number of aliphatic hydroxyl groups excluding tert-OH is 1.